The van der Waals surface area contributed by atoms with Crippen molar-refractivity contribution in [3.8, 4) is 17.1 Å². The van der Waals surface area contributed by atoms with Gasteiger partial charge in [0.15, 0.2) is 11.7 Å². The highest BCUT2D eigenvalue weighted by Gasteiger charge is 2.21. The van der Waals surface area contributed by atoms with E-state index in [0.29, 0.717) is 5.92 Å². The second kappa shape index (κ2) is 4.82. The van der Waals surface area contributed by atoms with Gasteiger partial charge in [-0.2, -0.15) is 0 Å². The Labute approximate surface area is 106 Å². The SMILES string of the molecule is COc1ccc(-c2cnc(C3CCNC3)o2)cc1. The minimum atomic E-state index is 0.414. The summed E-state index contributed by atoms with van der Waals surface area (Å²) in [4.78, 5) is 4.38. The van der Waals surface area contributed by atoms with Crippen LogP contribution in [0.3, 0.4) is 0 Å². The number of methoxy groups -OCH3 is 1. The molecule has 0 bridgehead atoms. The van der Waals surface area contributed by atoms with Crippen LogP contribution in [0.2, 0.25) is 0 Å². The molecule has 1 aromatic carbocycles. The first-order valence-electron chi connectivity index (χ1n) is 6.17. The van der Waals surface area contributed by atoms with Crippen molar-refractivity contribution < 1.29 is 9.15 Å². The molecule has 4 heteroatoms. The van der Waals surface area contributed by atoms with Crippen molar-refractivity contribution >= 4 is 0 Å². The fraction of sp³-hybridized carbons (Fsp3) is 0.357. The molecular weight excluding hydrogens is 228 g/mol. The summed E-state index contributed by atoms with van der Waals surface area (Å²) in [7, 11) is 1.66. The lowest BCUT2D eigenvalue weighted by molar-refractivity contribution is 0.415. The lowest BCUT2D eigenvalue weighted by Gasteiger charge is -2.02. The van der Waals surface area contributed by atoms with E-state index in [1.54, 1.807) is 13.3 Å². The van der Waals surface area contributed by atoms with Crippen LogP contribution in [0.4, 0.5) is 0 Å². The van der Waals surface area contributed by atoms with Gasteiger partial charge in [-0.3, -0.25) is 0 Å². The molecule has 18 heavy (non-hydrogen) atoms. The van der Waals surface area contributed by atoms with Gasteiger partial charge in [0.1, 0.15) is 5.75 Å². The molecule has 0 saturated carbocycles. The first kappa shape index (κ1) is 11.3. The average molecular weight is 244 g/mol. The highest BCUT2D eigenvalue weighted by Crippen LogP contribution is 2.27. The number of benzene rings is 1. The average Bonchev–Trinajstić information content (AvgIpc) is 3.09. The number of ether oxygens (including phenoxy) is 1. The third-order valence-electron chi connectivity index (χ3n) is 3.31. The predicted octanol–water partition coefficient (Wildman–Crippen LogP) is 2.43. The van der Waals surface area contributed by atoms with Gasteiger partial charge in [-0.1, -0.05) is 0 Å². The molecule has 94 valence electrons. The van der Waals surface area contributed by atoms with Gasteiger partial charge >= 0.3 is 0 Å². The van der Waals surface area contributed by atoms with Crippen LogP contribution in [0.1, 0.15) is 18.2 Å². The second-order valence-electron chi connectivity index (χ2n) is 4.48. The number of oxazole rings is 1. The van der Waals surface area contributed by atoms with E-state index in [0.717, 1.165) is 42.5 Å². The van der Waals surface area contributed by atoms with E-state index >= 15 is 0 Å². The molecule has 1 aromatic heterocycles. The van der Waals surface area contributed by atoms with Gasteiger partial charge in [0.25, 0.3) is 0 Å². The molecule has 2 aromatic rings. The van der Waals surface area contributed by atoms with E-state index in [-0.39, 0.29) is 0 Å². The molecule has 0 amide bonds. The molecule has 1 aliphatic rings. The molecule has 0 radical (unpaired) electrons. The van der Waals surface area contributed by atoms with E-state index in [9.17, 15) is 0 Å². The summed E-state index contributed by atoms with van der Waals surface area (Å²) in [6.45, 7) is 2.01. The topological polar surface area (TPSA) is 47.3 Å². The lowest BCUT2D eigenvalue weighted by atomic mass is 10.1. The summed E-state index contributed by atoms with van der Waals surface area (Å²) in [6, 6.07) is 7.81. The third-order valence-corrected chi connectivity index (χ3v) is 3.31. The maximum absolute atomic E-state index is 5.84. The standard InChI is InChI=1S/C14H16N2O2/c1-17-12-4-2-10(3-5-12)13-9-16-14(18-13)11-6-7-15-8-11/h2-5,9,11,15H,6-8H2,1H3. The van der Waals surface area contributed by atoms with E-state index < -0.39 is 0 Å². The largest absolute Gasteiger partial charge is 0.497 e. The lowest BCUT2D eigenvalue weighted by Crippen LogP contribution is -2.07. The zero-order valence-electron chi connectivity index (χ0n) is 10.3. The van der Waals surface area contributed by atoms with Crippen LogP contribution >= 0.6 is 0 Å². The molecule has 3 rings (SSSR count). The Hall–Kier alpha value is -1.81. The van der Waals surface area contributed by atoms with Crippen molar-refractivity contribution in [1.82, 2.24) is 10.3 Å². The Kier molecular flexibility index (Phi) is 3.02. The van der Waals surface area contributed by atoms with Crippen molar-refractivity contribution in [1.29, 1.82) is 0 Å². The third kappa shape index (κ3) is 2.11. The van der Waals surface area contributed by atoms with E-state index in [1.807, 2.05) is 24.3 Å². The zero-order chi connectivity index (χ0) is 12.4. The minimum absolute atomic E-state index is 0.414. The highest BCUT2D eigenvalue weighted by molar-refractivity contribution is 5.57. The highest BCUT2D eigenvalue weighted by atomic mass is 16.5. The number of rotatable bonds is 3. The van der Waals surface area contributed by atoms with E-state index in [1.165, 1.54) is 0 Å². The molecule has 4 nitrogen and oxygen atoms in total. The fourth-order valence-corrected chi connectivity index (χ4v) is 2.23. The van der Waals surface area contributed by atoms with Crippen molar-refractivity contribution in [2.75, 3.05) is 20.2 Å². The first-order chi connectivity index (χ1) is 8.86. The van der Waals surface area contributed by atoms with Crippen LogP contribution in [0, 0.1) is 0 Å². The van der Waals surface area contributed by atoms with Gasteiger partial charge in [-0.15, -0.1) is 0 Å². The summed E-state index contributed by atoms with van der Waals surface area (Å²) in [6.07, 6.45) is 2.90. The number of nitrogens with zero attached hydrogens (tertiary/aromatic N) is 1. The van der Waals surface area contributed by atoms with Crippen LogP contribution in [0.25, 0.3) is 11.3 Å². The summed E-state index contributed by atoms with van der Waals surface area (Å²) in [5.74, 6) is 2.92. The van der Waals surface area contributed by atoms with Gasteiger partial charge in [0, 0.05) is 18.0 Å². The monoisotopic (exact) mass is 244 g/mol. The predicted molar refractivity (Wildman–Crippen MR) is 68.7 cm³/mol. The molecule has 1 aliphatic heterocycles. The number of hydrogen-bond acceptors (Lipinski definition) is 4. The van der Waals surface area contributed by atoms with Gasteiger partial charge in [-0.25, -0.2) is 4.98 Å². The molecule has 0 spiro atoms. The Balaban J connectivity index is 1.82. The molecule has 1 unspecified atom stereocenters. The van der Waals surface area contributed by atoms with Gasteiger partial charge in [-0.05, 0) is 37.2 Å². The quantitative estimate of drug-likeness (QED) is 0.900. The minimum Gasteiger partial charge on any atom is -0.497 e. The Morgan fingerprint density at radius 1 is 1.33 bits per heavy atom. The van der Waals surface area contributed by atoms with Gasteiger partial charge in [0.05, 0.1) is 13.3 Å². The number of nitrogens with one attached hydrogen (secondary N) is 1. The van der Waals surface area contributed by atoms with Gasteiger partial charge < -0.3 is 14.5 Å². The Morgan fingerprint density at radius 3 is 2.83 bits per heavy atom. The maximum Gasteiger partial charge on any atom is 0.199 e. The second-order valence-corrected chi connectivity index (χ2v) is 4.48. The molecule has 2 heterocycles. The fourth-order valence-electron chi connectivity index (χ4n) is 2.23. The van der Waals surface area contributed by atoms with Crippen LogP contribution in [0.5, 0.6) is 5.75 Å². The molecule has 1 atom stereocenters. The Morgan fingerprint density at radius 2 is 2.17 bits per heavy atom. The van der Waals surface area contributed by atoms with Crippen LogP contribution in [-0.4, -0.2) is 25.2 Å². The summed E-state index contributed by atoms with van der Waals surface area (Å²) >= 11 is 0. The smallest absolute Gasteiger partial charge is 0.199 e. The summed E-state index contributed by atoms with van der Waals surface area (Å²) < 4.78 is 11.0. The van der Waals surface area contributed by atoms with Crippen molar-refractivity contribution in [3.05, 3.63) is 36.4 Å². The Bertz CT molecular complexity index is 513. The van der Waals surface area contributed by atoms with Gasteiger partial charge in [0.2, 0.25) is 0 Å². The van der Waals surface area contributed by atoms with Crippen molar-refractivity contribution in [3.63, 3.8) is 0 Å². The molecule has 1 N–H and O–H groups in total. The number of hydrogen-bond donors (Lipinski definition) is 1. The van der Waals surface area contributed by atoms with Crippen LogP contribution in [0.15, 0.2) is 34.9 Å². The molecular formula is C14H16N2O2. The van der Waals surface area contributed by atoms with Crippen LogP contribution in [-0.2, 0) is 0 Å². The van der Waals surface area contributed by atoms with Crippen molar-refractivity contribution in [2.24, 2.45) is 0 Å². The van der Waals surface area contributed by atoms with E-state index in [2.05, 4.69) is 10.3 Å². The molecule has 1 fully saturated rings. The molecule has 0 aliphatic carbocycles. The zero-order valence-corrected chi connectivity index (χ0v) is 10.3. The van der Waals surface area contributed by atoms with Crippen LogP contribution < -0.4 is 10.1 Å². The number of aromatic nitrogens is 1. The summed E-state index contributed by atoms with van der Waals surface area (Å²) in [5.41, 5.74) is 1.03. The maximum atomic E-state index is 5.84. The van der Waals surface area contributed by atoms with Crippen molar-refractivity contribution in [2.45, 2.75) is 12.3 Å². The first-order valence-corrected chi connectivity index (χ1v) is 6.17. The normalized spacial score (nSPS) is 19.1. The molecule has 1 saturated heterocycles. The van der Waals surface area contributed by atoms with E-state index in [4.69, 9.17) is 9.15 Å². The summed E-state index contributed by atoms with van der Waals surface area (Å²) in [5, 5.41) is 3.32.